The third kappa shape index (κ3) is 6.32. The van der Waals surface area contributed by atoms with Crippen LogP contribution in [0.4, 0.5) is 13.2 Å². The van der Waals surface area contributed by atoms with Gasteiger partial charge in [0.1, 0.15) is 0 Å². The van der Waals surface area contributed by atoms with Crippen molar-refractivity contribution in [1.29, 1.82) is 0 Å². The summed E-state index contributed by atoms with van der Waals surface area (Å²) >= 11 is 0. The van der Waals surface area contributed by atoms with Crippen LogP contribution in [0.1, 0.15) is 24.6 Å². The molecule has 1 aromatic rings. The van der Waals surface area contributed by atoms with E-state index < -0.39 is 11.9 Å². The van der Waals surface area contributed by atoms with E-state index in [1.54, 1.807) is 0 Å². The molecule has 2 rings (SSSR count). The van der Waals surface area contributed by atoms with Crippen molar-refractivity contribution in [3.63, 3.8) is 0 Å². The molecule has 1 aliphatic rings. The Labute approximate surface area is 162 Å². The number of guanidine groups is 1. The molecule has 1 saturated heterocycles. The van der Waals surface area contributed by atoms with Crippen molar-refractivity contribution in [2.24, 2.45) is 18.0 Å². The van der Waals surface area contributed by atoms with Crippen LogP contribution in [-0.4, -0.2) is 54.0 Å². The minimum Gasteiger partial charge on any atom is -0.381 e. The van der Waals surface area contributed by atoms with Crippen molar-refractivity contribution in [3.8, 4) is 0 Å². The lowest BCUT2D eigenvalue weighted by Crippen LogP contribution is -2.41. The van der Waals surface area contributed by atoms with Gasteiger partial charge in [-0.05, 0) is 13.3 Å². The topological polar surface area (TPSA) is 54.7 Å². The summed E-state index contributed by atoms with van der Waals surface area (Å²) in [6.45, 7) is 4.72. The molecule has 25 heavy (non-hydrogen) atoms. The van der Waals surface area contributed by atoms with E-state index in [9.17, 15) is 13.2 Å². The number of alkyl halides is 3. The van der Waals surface area contributed by atoms with Crippen molar-refractivity contribution < 1.29 is 17.9 Å². The van der Waals surface area contributed by atoms with Crippen LogP contribution >= 0.6 is 24.0 Å². The fraction of sp³-hybridized carbons (Fsp3) is 0.733. The van der Waals surface area contributed by atoms with Gasteiger partial charge in [0.25, 0.3) is 0 Å². The summed E-state index contributed by atoms with van der Waals surface area (Å²) in [5, 5.41) is 6.62. The van der Waals surface area contributed by atoms with Gasteiger partial charge in [0.2, 0.25) is 0 Å². The van der Waals surface area contributed by atoms with Crippen LogP contribution in [0.5, 0.6) is 0 Å². The third-order valence-corrected chi connectivity index (χ3v) is 3.82. The largest absolute Gasteiger partial charge is 0.435 e. The molecule has 6 nitrogen and oxygen atoms in total. The monoisotopic (exact) mass is 475 g/mol. The molecule has 1 unspecified atom stereocenters. The van der Waals surface area contributed by atoms with Crippen LogP contribution < -0.4 is 5.32 Å². The first-order chi connectivity index (χ1) is 11.3. The number of nitrogens with zero attached hydrogens (tertiary/aromatic N) is 4. The number of aryl methyl sites for hydroxylation is 1. The Balaban J connectivity index is 0.00000312. The SMILES string of the molecule is CCNC(=NCc1cn(C)nc1C(F)(F)F)N(C)CC1CCOC1.I. The molecular formula is C15H25F3IN5O. The van der Waals surface area contributed by atoms with Crippen molar-refractivity contribution in [3.05, 3.63) is 17.5 Å². The molecule has 1 aromatic heterocycles. The highest BCUT2D eigenvalue weighted by Crippen LogP contribution is 2.30. The number of aromatic nitrogens is 2. The molecule has 0 amide bonds. The minimum atomic E-state index is -4.47. The minimum absolute atomic E-state index is 0. The summed E-state index contributed by atoms with van der Waals surface area (Å²) < 4.78 is 45.5. The average Bonchev–Trinajstić information content (AvgIpc) is 3.12. The van der Waals surface area contributed by atoms with Gasteiger partial charge >= 0.3 is 6.18 Å². The van der Waals surface area contributed by atoms with Gasteiger partial charge < -0.3 is 15.0 Å². The standard InChI is InChI=1S/C15H24F3N5O.HI/c1-4-19-14(22(2)8-11-5-6-24-10-11)20-7-12-9-23(3)21-13(12)15(16,17)18;/h9,11H,4-8,10H2,1-3H3,(H,19,20);1H. The molecule has 0 radical (unpaired) electrons. The zero-order chi connectivity index (χ0) is 17.7. The maximum Gasteiger partial charge on any atom is 0.435 e. The van der Waals surface area contributed by atoms with E-state index in [-0.39, 0.29) is 36.1 Å². The molecule has 0 bridgehead atoms. The predicted molar refractivity (Wildman–Crippen MR) is 100.0 cm³/mol. The second kappa shape index (κ2) is 9.60. The molecule has 0 spiro atoms. The lowest BCUT2D eigenvalue weighted by atomic mass is 10.1. The smallest absolute Gasteiger partial charge is 0.381 e. The maximum absolute atomic E-state index is 13.0. The van der Waals surface area contributed by atoms with E-state index in [4.69, 9.17) is 4.74 Å². The first-order valence-corrected chi connectivity index (χ1v) is 7.98. The van der Waals surface area contributed by atoms with E-state index >= 15 is 0 Å². The van der Waals surface area contributed by atoms with Gasteiger partial charge in [-0.3, -0.25) is 4.68 Å². The second-order valence-corrected chi connectivity index (χ2v) is 5.95. The Morgan fingerprint density at radius 2 is 2.24 bits per heavy atom. The van der Waals surface area contributed by atoms with E-state index in [2.05, 4.69) is 15.4 Å². The molecule has 2 heterocycles. The molecule has 1 fully saturated rings. The van der Waals surface area contributed by atoms with E-state index in [0.717, 1.165) is 19.6 Å². The first kappa shape index (κ1) is 22.0. The molecule has 10 heteroatoms. The molecule has 0 aromatic carbocycles. The van der Waals surface area contributed by atoms with Gasteiger partial charge in [0, 0.05) is 51.5 Å². The van der Waals surface area contributed by atoms with Crippen molar-refractivity contribution >= 4 is 29.9 Å². The zero-order valence-corrected chi connectivity index (χ0v) is 17.0. The zero-order valence-electron chi connectivity index (χ0n) is 14.6. The Hall–Kier alpha value is -1.04. The fourth-order valence-corrected chi connectivity index (χ4v) is 2.72. The van der Waals surface area contributed by atoms with Crippen molar-refractivity contribution in [2.75, 3.05) is 33.4 Å². The van der Waals surface area contributed by atoms with Gasteiger partial charge in [0.05, 0.1) is 13.2 Å². The molecule has 0 saturated carbocycles. The fourth-order valence-electron chi connectivity index (χ4n) is 2.72. The Bertz CT molecular complexity index is 570. The number of rotatable bonds is 5. The number of nitrogens with one attached hydrogen (secondary N) is 1. The van der Waals surface area contributed by atoms with Crippen LogP contribution in [0, 0.1) is 5.92 Å². The molecule has 1 atom stereocenters. The summed E-state index contributed by atoms with van der Waals surface area (Å²) in [5.74, 6) is 1.00. The highest BCUT2D eigenvalue weighted by Gasteiger charge is 2.36. The van der Waals surface area contributed by atoms with Gasteiger partial charge in [-0.15, -0.1) is 24.0 Å². The van der Waals surface area contributed by atoms with Gasteiger partial charge in [-0.25, -0.2) is 4.99 Å². The maximum atomic E-state index is 13.0. The molecule has 0 aliphatic carbocycles. The van der Waals surface area contributed by atoms with Gasteiger partial charge in [-0.1, -0.05) is 0 Å². The number of halogens is 4. The van der Waals surface area contributed by atoms with Crippen LogP contribution in [0.15, 0.2) is 11.2 Å². The average molecular weight is 475 g/mol. The number of aliphatic imine (C=N–C) groups is 1. The number of hydrogen-bond donors (Lipinski definition) is 1. The van der Waals surface area contributed by atoms with E-state index in [1.807, 2.05) is 18.9 Å². The van der Waals surface area contributed by atoms with Gasteiger partial charge in [-0.2, -0.15) is 18.3 Å². The highest BCUT2D eigenvalue weighted by molar-refractivity contribution is 14.0. The lowest BCUT2D eigenvalue weighted by Gasteiger charge is -2.24. The van der Waals surface area contributed by atoms with Gasteiger partial charge in [0.15, 0.2) is 11.7 Å². The molecule has 1 N–H and O–H groups in total. The predicted octanol–water partition coefficient (Wildman–Crippen LogP) is 2.49. The van der Waals surface area contributed by atoms with Crippen molar-refractivity contribution in [2.45, 2.75) is 26.1 Å². The molecular weight excluding hydrogens is 450 g/mol. The quantitative estimate of drug-likeness (QED) is 0.404. The first-order valence-electron chi connectivity index (χ1n) is 7.98. The highest BCUT2D eigenvalue weighted by atomic mass is 127. The summed E-state index contributed by atoms with van der Waals surface area (Å²) in [7, 11) is 3.35. The molecule has 144 valence electrons. The summed E-state index contributed by atoms with van der Waals surface area (Å²) in [5.41, 5.74) is -0.811. The Kier molecular flexibility index (Phi) is 8.45. The van der Waals surface area contributed by atoms with Crippen LogP contribution in [0.3, 0.4) is 0 Å². The summed E-state index contributed by atoms with van der Waals surface area (Å²) in [6, 6.07) is 0. The van der Waals surface area contributed by atoms with Crippen molar-refractivity contribution in [1.82, 2.24) is 20.0 Å². The van der Waals surface area contributed by atoms with E-state index in [0.29, 0.717) is 25.0 Å². The summed E-state index contributed by atoms with van der Waals surface area (Å²) in [4.78, 5) is 6.29. The van der Waals surface area contributed by atoms with Crippen LogP contribution in [0.2, 0.25) is 0 Å². The normalized spacial score (nSPS) is 18.2. The second-order valence-electron chi connectivity index (χ2n) is 5.95. The third-order valence-electron chi connectivity index (χ3n) is 3.82. The molecule has 1 aliphatic heterocycles. The van der Waals surface area contributed by atoms with E-state index in [1.165, 1.54) is 17.9 Å². The Morgan fingerprint density at radius 3 is 2.80 bits per heavy atom. The lowest BCUT2D eigenvalue weighted by molar-refractivity contribution is -0.142. The Morgan fingerprint density at radius 1 is 1.52 bits per heavy atom. The van der Waals surface area contributed by atoms with Crippen LogP contribution in [0.25, 0.3) is 0 Å². The van der Waals surface area contributed by atoms with Crippen LogP contribution in [-0.2, 0) is 24.5 Å². The number of ether oxygens (including phenoxy) is 1. The summed E-state index contributed by atoms with van der Waals surface area (Å²) in [6.07, 6.45) is -2.12. The number of hydrogen-bond acceptors (Lipinski definition) is 3.